The van der Waals surface area contributed by atoms with Crippen molar-refractivity contribution >= 4 is 21.9 Å². The first kappa shape index (κ1) is 18.4. The fourth-order valence-corrected chi connectivity index (χ4v) is 4.45. The maximum atomic E-state index is 12.6. The van der Waals surface area contributed by atoms with Crippen LogP contribution in [0.25, 0.3) is 21.9 Å². The number of nitrogens with one attached hydrogen (secondary N) is 2. The topological polar surface area (TPSA) is 86.5 Å². The minimum Gasteiger partial charge on any atom is -0.454 e. The molecule has 1 saturated heterocycles. The van der Waals surface area contributed by atoms with Gasteiger partial charge in [0.05, 0.1) is 6.54 Å². The van der Waals surface area contributed by atoms with Crippen molar-refractivity contribution in [3.63, 3.8) is 0 Å². The Labute approximate surface area is 178 Å². The van der Waals surface area contributed by atoms with Crippen molar-refractivity contribution < 1.29 is 9.47 Å². The molecule has 6 rings (SSSR count). The first-order valence-electron chi connectivity index (χ1n) is 10.6. The van der Waals surface area contributed by atoms with Crippen LogP contribution in [0.4, 0.5) is 0 Å². The van der Waals surface area contributed by atoms with E-state index in [2.05, 4.69) is 31.9 Å². The number of hydrogen-bond donors (Lipinski definition) is 2. The third kappa shape index (κ3) is 3.43. The summed E-state index contributed by atoms with van der Waals surface area (Å²) in [5, 5.41) is 0.985. The Bertz CT molecular complexity index is 1320. The molecule has 0 unspecified atom stereocenters. The monoisotopic (exact) mass is 417 g/mol. The summed E-state index contributed by atoms with van der Waals surface area (Å²) in [4.78, 5) is 28.3. The van der Waals surface area contributed by atoms with Crippen LogP contribution in [0.15, 0.2) is 47.3 Å². The van der Waals surface area contributed by atoms with Crippen molar-refractivity contribution in [3.05, 3.63) is 64.2 Å². The van der Waals surface area contributed by atoms with Crippen molar-refractivity contribution in [2.24, 2.45) is 0 Å². The zero-order valence-electron chi connectivity index (χ0n) is 17.1. The molecule has 2 aromatic heterocycles. The highest BCUT2D eigenvalue weighted by atomic mass is 16.7. The Morgan fingerprint density at radius 1 is 0.903 bits per heavy atom. The molecule has 8 nitrogen and oxygen atoms in total. The van der Waals surface area contributed by atoms with Gasteiger partial charge in [-0.05, 0) is 23.8 Å². The highest BCUT2D eigenvalue weighted by Gasteiger charge is 2.20. The van der Waals surface area contributed by atoms with E-state index in [9.17, 15) is 4.79 Å². The van der Waals surface area contributed by atoms with Gasteiger partial charge in [0, 0.05) is 43.6 Å². The van der Waals surface area contributed by atoms with E-state index >= 15 is 0 Å². The standard InChI is InChI=1S/C23H23N5O3/c29-23-22-21(16-3-1-2-4-17(16)24-22)25-20(26-23)13-28-9-7-27(8-10-28)12-15-5-6-18-19(11-15)31-14-30-18/h1-6,11,24H,7-10,12-14H2,(H,25,26,29). The van der Waals surface area contributed by atoms with E-state index in [1.165, 1.54) is 5.56 Å². The quantitative estimate of drug-likeness (QED) is 0.531. The molecule has 0 amide bonds. The van der Waals surface area contributed by atoms with Gasteiger partial charge in [0.1, 0.15) is 16.9 Å². The molecule has 0 aliphatic carbocycles. The Kier molecular flexibility index (Phi) is 4.40. The molecule has 31 heavy (non-hydrogen) atoms. The van der Waals surface area contributed by atoms with Crippen LogP contribution >= 0.6 is 0 Å². The summed E-state index contributed by atoms with van der Waals surface area (Å²) < 4.78 is 10.9. The van der Waals surface area contributed by atoms with Crippen LogP contribution in [-0.2, 0) is 13.1 Å². The lowest BCUT2D eigenvalue weighted by molar-refractivity contribution is 0.120. The summed E-state index contributed by atoms with van der Waals surface area (Å²) in [5.74, 6) is 2.37. The van der Waals surface area contributed by atoms with Gasteiger partial charge in [0.2, 0.25) is 6.79 Å². The van der Waals surface area contributed by atoms with Gasteiger partial charge in [0.25, 0.3) is 5.56 Å². The molecule has 2 aliphatic rings. The van der Waals surface area contributed by atoms with E-state index < -0.39 is 0 Å². The molecule has 8 heteroatoms. The smallest absolute Gasteiger partial charge is 0.275 e. The molecule has 4 heterocycles. The van der Waals surface area contributed by atoms with E-state index in [1.807, 2.05) is 30.3 Å². The molecular weight excluding hydrogens is 394 g/mol. The van der Waals surface area contributed by atoms with Gasteiger partial charge in [-0.3, -0.25) is 14.6 Å². The lowest BCUT2D eigenvalue weighted by atomic mass is 10.1. The molecule has 4 aromatic rings. The van der Waals surface area contributed by atoms with Crippen molar-refractivity contribution in [1.29, 1.82) is 0 Å². The maximum absolute atomic E-state index is 12.6. The normalized spacial score (nSPS) is 17.0. The van der Waals surface area contributed by atoms with Crippen molar-refractivity contribution in [3.8, 4) is 11.5 Å². The summed E-state index contributed by atoms with van der Waals surface area (Å²) in [6.07, 6.45) is 0. The number of ether oxygens (including phenoxy) is 2. The SMILES string of the molecule is O=c1[nH]c(CN2CCN(Cc3ccc4c(c3)OCO4)CC2)nc2c1[nH]c1ccccc12. The highest BCUT2D eigenvalue weighted by Crippen LogP contribution is 2.32. The Hall–Kier alpha value is -3.36. The fraction of sp³-hybridized carbons (Fsp3) is 0.304. The van der Waals surface area contributed by atoms with E-state index in [0.717, 1.165) is 60.6 Å². The summed E-state index contributed by atoms with van der Waals surface area (Å²) in [6.45, 7) is 5.63. The molecule has 1 fully saturated rings. The minimum atomic E-state index is -0.113. The summed E-state index contributed by atoms with van der Waals surface area (Å²) in [6, 6.07) is 14.0. The number of rotatable bonds is 4. The third-order valence-corrected chi connectivity index (χ3v) is 6.09. The van der Waals surface area contributed by atoms with Crippen LogP contribution in [0.1, 0.15) is 11.4 Å². The van der Waals surface area contributed by atoms with Crippen molar-refractivity contribution in [2.75, 3.05) is 33.0 Å². The third-order valence-electron chi connectivity index (χ3n) is 6.09. The second-order valence-electron chi connectivity index (χ2n) is 8.15. The molecule has 0 atom stereocenters. The number of H-pyrrole nitrogens is 2. The van der Waals surface area contributed by atoms with Crippen molar-refractivity contribution in [1.82, 2.24) is 24.8 Å². The van der Waals surface area contributed by atoms with Gasteiger partial charge in [-0.2, -0.15) is 0 Å². The van der Waals surface area contributed by atoms with Gasteiger partial charge in [-0.15, -0.1) is 0 Å². The van der Waals surface area contributed by atoms with Crippen LogP contribution in [0, 0.1) is 0 Å². The molecule has 158 valence electrons. The average Bonchev–Trinajstić information content (AvgIpc) is 3.40. The number of nitrogens with zero attached hydrogens (tertiary/aromatic N) is 3. The summed E-state index contributed by atoms with van der Waals surface area (Å²) >= 11 is 0. The van der Waals surface area contributed by atoms with Crippen LogP contribution < -0.4 is 15.0 Å². The molecule has 0 radical (unpaired) electrons. The lowest BCUT2D eigenvalue weighted by Gasteiger charge is -2.34. The van der Waals surface area contributed by atoms with Gasteiger partial charge in [-0.25, -0.2) is 4.98 Å². The predicted octanol–water partition coefficient (Wildman–Crippen LogP) is 2.45. The Morgan fingerprint density at radius 3 is 2.55 bits per heavy atom. The number of piperazine rings is 1. The molecule has 2 N–H and O–H groups in total. The van der Waals surface area contributed by atoms with E-state index in [1.54, 1.807) is 0 Å². The number of fused-ring (bicyclic) bond motifs is 4. The Morgan fingerprint density at radius 2 is 1.68 bits per heavy atom. The highest BCUT2D eigenvalue weighted by molar-refractivity contribution is 6.04. The molecule has 0 saturated carbocycles. The van der Waals surface area contributed by atoms with Crippen molar-refractivity contribution in [2.45, 2.75) is 13.1 Å². The summed E-state index contributed by atoms with van der Waals surface area (Å²) in [7, 11) is 0. The Balaban J connectivity index is 1.13. The van der Waals surface area contributed by atoms with Gasteiger partial charge >= 0.3 is 0 Å². The number of benzene rings is 2. The molecule has 2 aliphatic heterocycles. The second kappa shape index (κ2) is 7.40. The lowest BCUT2D eigenvalue weighted by Crippen LogP contribution is -2.45. The zero-order chi connectivity index (χ0) is 20.8. The number of aromatic nitrogens is 3. The van der Waals surface area contributed by atoms with Crippen LogP contribution in [0.5, 0.6) is 11.5 Å². The van der Waals surface area contributed by atoms with Crippen LogP contribution in [0.3, 0.4) is 0 Å². The van der Waals surface area contributed by atoms with Crippen LogP contribution in [0.2, 0.25) is 0 Å². The van der Waals surface area contributed by atoms with Crippen LogP contribution in [-0.4, -0.2) is 57.7 Å². The zero-order valence-corrected chi connectivity index (χ0v) is 17.1. The minimum absolute atomic E-state index is 0.113. The predicted molar refractivity (Wildman–Crippen MR) is 117 cm³/mol. The molecule has 0 spiro atoms. The number of aromatic amines is 2. The largest absolute Gasteiger partial charge is 0.454 e. The maximum Gasteiger partial charge on any atom is 0.275 e. The fourth-order valence-electron chi connectivity index (χ4n) is 4.45. The van der Waals surface area contributed by atoms with E-state index in [0.29, 0.717) is 24.7 Å². The first-order valence-corrected chi connectivity index (χ1v) is 10.6. The first-order chi connectivity index (χ1) is 15.2. The summed E-state index contributed by atoms with van der Waals surface area (Å²) in [5.41, 5.74) is 3.34. The number of para-hydroxylation sites is 1. The average molecular weight is 417 g/mol. The number of hydrogen-bond acceptors (Lipinski definition) is 6. The molecular formula is C23H23N5O3. The second-order valence-corrected chi connectivity index (χ2v) is 8.15. The van der Waals surface area contributed by atoms with Gasteiger partial charge < -0.3 is 19.4 Å². The molecule has 2 aromatic carbocycles. The van der Waals surface area contributed by atoms with Gasteiger partial charge in [0.15, 0.2) is 11.5 Å². The molecule has 0 bridgehead atoms. The van der Waals surface area contributed by atoms with E-state index in [-0.39, 0.29) is 5.56 Å². The van der Waals surface area contributed by atoms with E-state index in [4.69, 9.17) is 14.5 Å². The van der Waals surface area contributed by atoms with Gasteiger partial charge in [-0.1, -0.05) is 24.3 Å².